The van der Waals surface area contributed by atoms with Crippen molar-refractivity contribution in [3.63, 3.8) is 0 Å². The molecule has 1 aromatic carbocycles. The van der Waals surface area contributed by atoms with Gasteiger partial charge >= 0.3 is 6.03 Å². The van der Waals surface area contributed by atoms with Gasteiger partial charge < -0.3 is 24.8 Å². The van der Waals surface area contributed by atoms with Crippen molar-refractivity contribution in [3.8, 4) is 5.75 Å². The Balaban J connectivity index is 1.48. The Bertz CT molecular complexity index is 649. The summed E-state index contributed by atoms with van der Waals surface area (Å²) in [5, 5.41) is 3.11. The Hall–Kier alpha value is -2.28. The number of nitrogens with one attached hydrogen (secondary N) is 1. The van der Waals surface area contributed by atoms with E-state index in [2.05, 4.69) is 17.1 Å². The second kappa shape index (κ2) is 9.08. The number of nitrogens with zero attached hydrogens (tertiary/aromatic N) is 3. The Kier molecular flexibility index (Phi) is 6.55. The van der Waals surface area contributed by atoms with Crippen LogP contribution in [-0.4, -0.2) is 79.1 Å². The lowest BCUT2D eigenvalue weighted by Gasteiger charge is -2.37. The molecule has 0 bridgehead atoms. The van der Waals surface area contributed by atoms with E-state index in [1.165, 1.54) is 0 Å². The first-order valence-corrected chi connectivity index (χ1v) is 9.77. The zero-order chi connectivity index (χ0) is 19.2. The van der Waals surface area contributed by atoms with Crippen LogP contribution < -0.4 is 10.1 Å². The van der Waals surface area contributed by atoms with Gasteiger partial charge in [0.15, 0.2) is 0 Å². The number of likely N-dealkylation sites (tertiary alicyclic amines) is 1. The van der Waals surface area contributed by atoms with Crippen LogP contribution >= 0.6 is 0 Å². The van der Waals surface area contributed by atoms with Crippen LogP contribution in [0.4, 0.5) is 4.79 Å². The number of piperidine rings is 1. The summed E-state index contributed by atoms with van der Waals surface area (Å²) in [6.45, 7) is 6.99. The summed E-state index contributed by atoms with van der Waals surface area (Å²) in [5.74, 6) is 0.793. The van der Waals surface area contributed by atoms with Gasteiger partial charge in [-0.1, -0.05) is 19.1 Å². The Labute approximate surface area is 161 Å². The largest absolute Gasteiger partial charge is 0.497 e. The van der Waals surface area contributed by atoms with Crippen LogP contribution in [-0.2, 0) is 11.3 Å². The molecule has 2 saturated heterocycles. The van der Waals surface area contributed by atoms with Crippen molar-refractivity contribution in [2.75, 3.05) is 46.4 Å². The number of methoxy groups -OCH3 is 1. The zero-order valence-corrected chi connectivity index (χ0v) is 16.3. The van der Waals surface area contributed by atoms with Crippen molar-refractivity contribution in [1.82, 2.24) is 20.0 Å². The first-order valence-electron chi connectivity index (χ1n) is 9.77. The van der Waals surface area contributed by atoms with Crippen molar-refractivity contribution in [3.05, 3.63) is 29.8 Å². The molecule has 3 amide bonds. The Morgan fingerprint density at radius 2 is 2.00 bits per heavy atom. The Morgan fingerprint density at radius 3 is 2.67 bits per heavy atom. The molecule has 0 unspecified atom stereocenters. The summed E-state index contributed by atoms with van der Waals surface area (Å²) in [5.41, 5.74) is 1.06. The van der Waals surface area contributed by atoms with Crippen molar-refractivity contribution in [2.24, 2.45) is 0 Å². The van der Waals surface area contributed by atoms with Crippen LogP contribution in [0, 0.1) is 0 Å². The molecule has 3 rings (SSSR count). The number of carbonyl (C=O) groups is 2. The van der Waals surface area contributed by atoms with Gasteiger partial charge in [-0.05, 0) is 43.6 Å². The van der Waals surface area contributed by atoms with E-state index in [9.17, 15) is 9.59 Å². The van der Waals surface area contributed by atoms with Gasteiger partial charge in [-0.25, -0.2) is 4.79 Å². The lowest BCUT2D eigenvalue weighted by molar-refractivity contribution is -0.135. The van der Waals surface area contributed by atoms with Gasteiger partial charge in [0.05, 0.1) is 7.11 Å². The molecule has 2 fully saturated rings. The second-order valence-electron chi connectivity index (χ2n) is 7.27. The van der Waals surface area contributed by atoms with E-state index in [1.807, 2.05) is 29.2 Å². The molecule has 0 aromatic heterocycles. The maximum atomic E-state index is 12.6. The topological polar surface area (TPSA) is 65.1 Å². The van der Waals surface area contributed by atoms with Gasteiger partial charge in [-0.15, -0.1) is 0 Å². The molecule has 0 aliphatic carbocycles. The maximum Gasteiger partial charge on any atom is 0.318 e. The summed E-state index contributed by atoms with van der Waals surface area (Å²) >= 11 is 0. The third-order valence-electron chi connectivity index (χ3n) is 5.42. The van der Waals surface area contributed by atoms with Gasteiger partial charge in [0, 0.05) is 32.2 Å². The van der Waals surface area contributed by atoms with Crippen LogP contribution in [0.2, 0.25) is 0 Å². The number of urea groups is 1. The van der Waals surface area contributed by atoms with Crippen LogP contribution in [0.1, 0.15) is 25.3 Å². The zero-order valence-electron chi connectivity index (χ0n) is 16.3. The summed E-state index contributed by atoms with van der Waals surface area (Å²) < 4.78 is 5.16. The van der Waals surface area contributed by atoms with Gasteiger partial charge in [0.2, 0.25) is 5.91 Å². The predicted molar refractivity (Wildman–Crippen MR) is 104 cm³/mol. The minimum absolute atomic E-state index is 0.00829. The molecule has 7 nitrogen and oxygen atoms in total. The fraction of sp³-hybridized carbons (Fsp3) is 0.600. The van der Waals surface area contributed by atoms with E-state index in [4.69, 9.17) is 4.74 Å². The average molecular weight is 374 g/mol. The van der Waals surface area contributed by atoms with E-state index in [1.54, 1.807) is 12.0 Å². The highest BCUT2D eigenvalue weighted by atomic mass is 16.5. The summed E-state index contributed by atoms with van der Waals surface area (Å²) in [6, 6.07) is 7.79. The fourth-order valence-corrected chi connectivity index (χ4v) is 3.73. The molecule has 1 aromatic rings. The van der Waals surface area contributed by atoms with Gasteiger partial charge in [0.1, 0.15) is 12.3 Å². The molecule has 0 radical (unpaired) electrons. The standard InChI is InChI=1S/C20H30N4O3/c1-3-22-10-4-5-17(14-22)21-20(26)24-12-11-23(19(25)15-24)13-16-6-8-18(27-2)9-7-16/h6-9,17H,3-5,10-15H2,1-2H3,(H,21,26)/t17-/m0/s1. The third kappa shape index (κ3) is 5.13. The number of hydrogen-bond acceptors (Lipinski definition) is 4. The average Bonchev–Trinajstić information content (AvgIpc) is 2.70. The van der Waals surface area contributed by atoms with Crippen LogP contribution in [0.15, 0.2) is 24.3 Å². The monoisotopic (exact) mass is 374 g/mol. The number of benzene rings is 1. The molecule has 0 saturated carbocycles. The van der Waals surface area contributed by atoms with Gasteiger partial charge in [0.25, 0.3) is 0 Å². The third-order valence-corrected chi connectivity index (χ3v) is 5.42. The molecule has 148 valence electrons. The lowest BCUT2D eigenvalue weighted by Crippen LogP contribution is -2.57. The highest BCUT2D eigenvalue weighted by Gasteiger charge is 2.29. The molecule has 27 heavy (non-hydrogen) atoms. The van der Waals surface area contributed by atoms with Crippen molar-refractivity contribution in [1.29, 1.82) is 0 Å². The number of likely N-dealkylation sites (N-methyl/N-ethyl adjacent to an activating group) is 1. The summed E-state index contributed by atoms with van der Waals surface area (Å²) in [7, 11) is 1.63. The van der Waals surface area contributed by atoms with Crippen molar-refractivity contribution in [2.45, 2.75) is 32.4 Å². The van der Waals surface area contributed by atoms with E-state index in [0.29, 0.717) is 19.6 Å². The molecule has 2 aliphatic rings. The van der Waals surface area contributed by atoms with E-state index in [0.717, 1.165) is 43.8 Å². The minimum Gasteiger partial charge on any atom is -0.497 e. The van der Waals surface area contributed by atoms with Crippen LogP contribution in [0.3, 0.4) is 0 Å². The fourth-order valence-electron chi connectivity index (χ4n) is 3.73. The van der Waals surface area contributed by atoms with Crippen molar-refractivity contribution >= 4 is 11.9 Å². The second-order valence-corrected chi connectivity index (χ2v) is 7.27. The van der Waals surface area contributed by atoms with E-state index >= 15 is 0 Å². The summed E-state index contributed by atoms with van der Waals surface area (Å²) in [6.07, 6.45) is 2.11. The maximum absolute atomic E-state index is 12.6. The smallest absolute Gasteiger partial charge is 0.318 e. The van der Waals surface area contributed by atoms with E-state index < -0.39 is 0 Å². The van der Waals surface area contributed by atoms with Crippen LogP contribution in [0.25, 0.3) is 0 Å². The predicted octanol–water partition coefficient (Wildman–Crippen LogP) is 1.53. The number of ether oxygens (including phenoxy) is 1. The first kappa shape index (κ1) is 19.5. The number of carbonyl (C=O) groups excluding carboxylic acids is 2. The van der Waals surface area contributed by atoms with Crippen molar-refractivity contribution < 1.29 is 14.3 Å². The van der Waals surface area contributed by atoms with Gasteiger partial charge in [-0.3, -0.25) is 4.79 Å². The highest BCUT2D eigenvalue weighted by molar-refractivity contribution is 5.85. The Morgan fingerprint density at radius 1 is 1.22 bits per heavy atom. The number of rotatable bonds is 5. The number of piperazine rings is 1. The van der Waals surface area contributed by atoms with Crippen LogP contribution in [0.5, 0.6) is 5.75 Å². The number of hydrogen-bond donors (Lipinski definition) is 1. The molecule has 1 atom stereocenters. The molecule has 0 spiro atoms. The SMILES string of the molecule is CCN1CCC[C@H](NC(=O)N2CCN(Cc3ccc(OC)cc3)C(=O)C2)C1. The van der Waals surface area contributed by atoms with Gasteiger partial charge in [-0.2, -0.15) is 0 Å². The normalized spacial score (nSPS) is 21.3. The molecule has 2 heterocycles. The molecule has 2 aliphatic heterocycles. The molecule has 7 heteroatoms. The minimum atomic E-state index is -0.115. The quantitative estimate of drug-likeness (QED) is 0.849. The first-order chi connectivity index (χ1) is 13.1. The highest BCUT2D eigenvalue weighted by Crippen LogP contribution is 2.15. The molecular formula is C20H30N4O3. The molecule has 1 N–H and O–H groups in total. The summed E-state index contributed by atoms with van der Waals surface area (Å²) in [4.78, 5) is 30.9. The molecular weight excluding hydrogens is 344 g/mol. The lowest BCUT2D eigenvalue weighted by atomic mass is 10.1. The number of amides is 3. The van der Waals surface area contributed by atoms with E-state index in [-0.39, 0.29) is 24.5 Å².